The van der Waals surface area contributed by atoms with Crippen LogP contribution in [0.4, 0.5) is 0 Å². The predicted molar refractivity (Wildman–Crippen MR) is 32.8 cm³/mol. The van der Waals surface area contributed by atoms with E-state index in [4.69, 9.17) is 10.2 Å². The third-order valence-corrected chi connectivity index (χ3v) is 2.05. The van der Waals surface area contributed by atoms with Gasteiger partial charge in [0.15, 0.2) is 18.5 Å². The molecule has 0 aromatic carbocycles. The fourth-order valence-electron chi connectivity index (χ4n) is 1.38. The summed E-state index contributed by atoms with van der Waals surface area (Å²) in [7, 11) is 0. The third-order valence-electron chi connectivity index (χ3n) is 2.05. The Labute approximate surface area is 67.3 Å². The normalized spacial score (nSPS) is 52.2. The number of esters is 1. The lowest BCUT2D eigenvalue weighted by Crippen LogP contribution is -2.53. The zero-order chi connectivity index (χ0) is 8.88. The van der Waals surface area contributed by atoms with Gasteiger partial charge < -0.3 is 24.8 Å². The first kappa shape index (κ1) is 7.93. The minimum absolute atomic E-state index is 0.747. The molecule has 2 fully saturated rings. The van der Waals surface area contributed by atoms with Crippen LogP contribution < -0.4 is 0 Å². The summed E-state index contributed by atoms with van der Waals surface area (Å²) in [5, 5.41) is 27.3. The summed E-state index contributed by atoms with van der Waals surface area (Å²) < 4.78 is 9.15. The molecule has 0 aliphatic carbocycles. The first-order valence-corrected chi connectivity index (χ1v) is 3.51. The summed E-state index contributed by atoms with van der Waals surface area (Å²) in [6, 6.07) is 0. The number of ether oxygens (including phenoxy) is 2. The first-order chi connectivity index (χ1) is 5.61. The molecular weight excluding hydrogens is 168 g/mol. The fraction of sp³-hybridized carbons (Fsp3) is 0.833. The minimum atomic E-state index is -1.46. The van der Waals surface area contributed by atoms with Crippen molar-refractivity contribution in [1.82, 2.24) is 0 Å². The van der Waals surface area contributed by atoms with Gasteiger partial charge in [-0.05, 0) is 0 Å². The highest BCUT2D eigenvalue weighted by atomic mass is 16.7. The Morgan fingerprint density at radius 2 is 1.83 bits per heavy atom. The molecular formula is C6H8O6. The summed E-state index contributed by atoms with van der Waals surface area (Å²) in [6.07, 6.45) is -6.24. The zero-order valence-corrected chi connectivity index (χ0v) is 5.95. The number of aliphatic hydroxyl groups excluding tert-OH is 3. The first-order valence-electron chi connectivity index (χ1n) is 3.51. The molecule has 2 rings (SSSR count). The van der Waals surface area contributed by atoms with Gasteiger partial charge in [-0.2, -0.15) is 0 Å². The Morgan fingerprint density at radius 1 is 1.17 bits per heavy atom. The van der Waals surface area contributed by atoms with Crippen LogP contribution in [0.1, 0.15) is 0 Å². The maximum Gasteiger partial charge on any atom is 0.338 e. The Bertz CT molecular complexity index is 216. The van der Waals surface area contributed by atoms with Gasteiger partial charge in [-0.15, -0.1) is 0 Å². The van der Waals surface area contributed by atoms with Crippen molar-refractivity contribution in [3.63, 3.8) is 0 Å². The van der Waals surface area contributed by atoms with Gasteiger partial charge in [-0.1, -0.05) is 0 Å². The number of hydrogen-bond acceptors (Lipinski definition) is 6. The minimum Gasteiger partial charge on any atom is -0.454 e. The number of carbonyl (C=O) groups excluding carboxylic acids is 1. The molecule has 2 saturated heterocycles. The van der Waals surface area contributed by atoms with Crippen molar-refractivity contribution in [2.24, 2.45) is 0 Å². The van der Waals surface area contributed by atoms with Gasteiger partial charge in [-0.3, -0.25) is 0 Å². The van der Waals surface area contributed by atoms with E-state index in [-0.39, 0.29) is 0 Å². The van der Waals surface area contributed by atoms with Crippen molar-refractivity contribution in [2.45, 2.75) is 30.7 Å². The van der Waals surface area contributed by atoms with Gasteiger partial charge >= 0.3 is 5.97 Å². The Hall–Kier alpha value is -0.690. The lowest BCUT2D eigenvalue weighted by atomic mass is 10.0. The van der Waals surface area contributed by atoms with Gasteiger partial charge in [0.1, 0.15) is 12.2 Å². The second kappa shape index (κ2) is 2.40. The zero-order valence-electron chi connectivity index (χ0n) is 5.95. The predicted octanol–water partition coefficient (Wildman–Crippen LogP) is -2.65. The van der Waals surface area contributed by atoms with Crippen molar-refractivity contribution in [3.05, 3.63) is 0 Å². The molecule has 2 aliphatic rings. The summed E-state index contributed by atoms with van der Waals surface area (Å²) in [5.41, 5.74) is 0. The van der Waals surface area contributed by atoms with Crippen LogP contribution >= 0.6 is 0 Å². The largest absolute Gasteiger partial charge is 0.454 e. The van der Waals surface area contributed by atoms with Crippen LogP contribution in [-0.2, 0) is 14.3 Å². The highest BCUT2D eigenvalue weighted by Gasteiger charge is 2.55. The molecule has 6 nitrogen and oxygen atoms in total. The van der Waals surface area contributed by atoms with E-state index in [0.717, 1.165) is 0 Å². The summed E-state index contributed by atoms with van der Waals surface area (Å²) in [6.45, 7) is 0. The number of fused-ring (bicyclic) bond motifs is 2. The van der Waals surface area contributed by atoms with E-state index in [9.17, 15) is 9.90 Å². The molecule has 0 amide bonds. The number of rotatable bonds is 0. The quantitative estimate of drug-likeness (QED) is 0.349. The van der Waals surface area contributed by atoms with Crippen LogP contribution in [0.15, 0.2) is 0 Å². The van der Waals surface area contributed by atoms with Crippen molar-refractivity contribution < 1.29 is 29.6 Å². The van der Waals surface area contributed by atoms with E-state index in [1.165, 1.54) is 0 Å². The van der Waals surface area contributed by atoms with Crippen LogP contribution in [0, 0.1) is 0 Å². The summed E-state index contributed by atoms with van der Waals surface area (Å²) >= 11 is 0. The molecule has 2 heterocycles. The van der Waals surface area contributed by atoms with Crippen molar-refractivity contribution in [3.8, 4) is 0 Å². The topological polar surface area (TPSA) is 96.2 Å². The molecule has 2 aliphatic heterocycles. The number of carbonyl (C=O) groups is 1. The third kappa shape index (κ3) is 0.862. The van der Waals surface area contributed by atoms with E-state index >= 15 is 0 Å². The lowest BCUT2D eigenvalue weighted by molar-refractivity contribution is -0.242. The van der Waals surface area contributed by atoms with Crippen molar-refractivity contribution in [2.75, 3.05) is 0 Å². The van der Waals surface area contributed by atoms with Gasteiger partial charge in [-0.25, -0.2) is 4.79 Å². The molecule has 6 heteroatoms. The Kier molecular flexibility index (Phi) is 1.58. The molecule has 5 atom stereocenters. The van der Waals surface area contributed by atoms with E-state index in [0.29, 0.717) is 0 Å². The second-order valence-electron chi connectivity index (χ2n) is 2.83. The summed E-state index contributed by atoms with van der Waals surface area (Å²) in [5.74, 6) is -0.747. The van der Waals surface area contributed by atoms with E-state index in [1.54, 1.807) is 0 Å². The molecule has 5 unspecified atom stereocenters. The fourth-order valence-corrected chi connectivity index (χ4v) is 1.38. The molecule has 0 radical (unpaired) electrons. The van der Waals surface area contributed by atoms with Crippen LogP contribution in [0.3, 0.4) is 0 Å². The number of aliphatic hydroxyl groups is 3. The van der Waals surface area contributed by atoms with E-state index in [2.05, 4.69) is 9.47 Å². The Balaban J connectivity index is 2.25. The van der Waals surface area contributed by atoms with Gasteiger partial charge in [0.25, 0.3) is 0 Å². The molecule has 2 bridgehead atoms. The summed E-state index contributed by atoms with van der Waals surface area (Å²) in [4.78, 5) is 10.8. The average Bonchev–Trinajstić information content (AvgIpc) is 2.23. The smallest absolute Gasteiger partial charge is 0.338 e. The van der Waals surface area contributed by atoms with Crippen LogP contribution in [-0.4, -0.2) is 52.0 Å². The van der Waals surface area contributed by atoms with Crippen molar-refractivity contribution >= 4 is 5.97 Å². The maximum absolute atomic E-state index is 10.8. The highest BCUT2D eigenvalue weighted by molar-refractivity contribution is 5.78. The van der Waals surface area contributed by atoms with Crippen LogP contribution in [0.5, 0.6) is 0 Å². The van der Waals surface area contributed by atoms with E-state index in [1.807, 2.05) is 0 Å². The molecule has 3 N–H and O–H groups in total. The second-order valence-corrected chi connectivity index (χ2v) is 2.83. The van der Waals surface area contributed by atoms with Crippen LogP contribution in [0.25, 0.3) is 0 Å². The molecule has 0 saturated carbocycles. The lowest BCUT2D eigenvalue weighted by Gasteiger charge is -2.30. The highest BCUT2D eigenvalue weighted by Crippen LogP contribution is 2.29. The average molecular weight is 176 g/mol. The Morgan fingerprint density at radius 3 is 2.50 bits per heavy atom. The van der Waals surface area contributed by atoms with Gasteiger partial charge in [0.05, 0.1) is 0 Å². The maximum atomic E-state index is 10.8. The SMILES string of the molecule is O=C1OC2C(O)C(O)OC1C2O. The standard InChI is InChI=1S/C6H8O6/c7-1-3-2(8)5(9)12-4(1)6(10)11-3/h1-5,7-9H. The monoisotopic (exact) mass is 176 g/mol. The van der Waals surface area contributed by atoms with Gasteiger partial charge in [0.2, 0.25) is 0 Å². The molecule has 0 aromatic heterocycles. The van der Waals surface area contributed by atoms with Gasteiger partial charge in [0, 0.05) is 0 Å². The molecule has 12 heavy (non-hydrogen) atoms. The van der Waals surface area contributed by atoms with Crippen LogP contribution in [0.2, 0.25) is 0 Å². The molecule has 0 aromatic rings. The molecule has 0 spiro atoms. The number of hydrogen-bond donors (Lipinski definition) is 3. The van der Waals surface area contributed by atoms with E-state index < -0.39 is 36.7 Å². The van der Waals surface area contributed by atoms with Crippen molar-refractivity contribution in [1.29, 1.82) is 0 Å². The molecule has 68 valence electrons.